The molecule has 9 rings (SSSR count). The van der Waals surface area contributed by atoms with E-state index in [1.54, 1.807) is 24.4 Å². The summed E-state index contributed by atoms with van der Waals surface area (Å²) in [6.45, 7) is 15.1. The van der Waals surface area contributed by atoms with Gasteiger partial charge in [0.1, 0.15) is 5.58 Å². The van der Waals surface area contributed by atoms with Gasteiger partial charge >= 0.3 is 5.97 Å². The molecule has 2 N–H and O–H groups in total. The first-order valence-corrected chi connectivity index (χ1v) is 20.8. The summed E-state index contributed by atoms with van der Waals surface area (Å²) >= 11 is 0. The zero-order valence-corrected chi connectivity index (χ0v) is 38.8. The summed E-state index contributed by atoms with van der Waals surface area (Å²) in [5.74, 6) is -1.33. The fraction of sp³-hybridized carbons (Fsp3) is 0.185. The Kier molecular flexibility index (Phi) is 12.9. The Morgan fingerprint density at radius 2 is 1.41 bits per heavy atom. The number of nitrogens with zero attached hydrogens (tertiary/aromatic N) is 3. The van der Waals surface area contributed by atoms with Crippen molar-refractivity contribution in [3.63, 3.8) is 0 Å². The van der Waals surface area contributed by atoms with Crippen LogP contribution in [0.5, 0.6) is 0 Å². The van der Waals surface area contributed by atoms with Gasteiger partial charge in [0.15, 0.2) is 0 Å². The molecule has 1 radical (unpaired) electrons. The number of hydrogen-bond donors (Lipinski definition) is 2. The van der Waals surface area contributed by atoms with Crippen LogP contribution in [-0.2, 0) is 25.5 Å². The smallest absolute Gasteiger partial charge is 0.335 e. The number of benzene rings is 6. The van der Waals surface area contributed by atoms with Gasteiger partial charge in [-0.2, -0.15) is 0 Å². The molecule has 64 heavy (non-hydrogen) atoms. The molecule has 9 aromatic rings. The second-order valence-electron chi connectivity index (χ2n) is 17.2. The molecule has 6 aromatic carbocycles. The molecule has 10 heteroatoms. The number of hydrogen-bond acceptors (Lipinski definition) is 5. The number of rotatable bonds is 8. The molecule has 0 saturated heterocycles. The van der Waals surface area contributed by atoms with E-state index in [0.29, 0.717) is 17.5 Å². The van der Waals surface area contributed by atoms with Crippen LogP contribution in [0.1, 0.15) is 97.7 Å². The van der Waals surface area contributed by atoms with Gasteiger partial charge in [-0.05, 0) is 86.7 Å². The van der Waals surface area contributed by atoms with Crippen molar-refractivity contribution in [2.45, 2.75) is 65.7 Å². The Morgan fingerprint density at radius 3 is 2.02 bits per heavy atom. The number of carboxylic acid groups (broad SMARTS) is 2. The van der Waals surface area contributed by atoms with Crippen LogP contribution in [0.25, 0.3) is 72.4 Å². The number of halogens is 1. The third-order valence-electron chi connectivity index (χ3n) is 11.3. The molecule has 0 aliphatic carbocycles. The first-order chi connectivity index (χ1) is 30.1. The summed E-state index contributed by atoms with van der Waals surface area (Å²) in [5, 5.41) is 20.1. The van der Waals surface area contributed by atoms with E-state index in [0.717, 1.165) is 67.1 Å². The van der Waals surface area contributed by atoms with Gasteiger partial charge in [-0.3, -0.25) is 14.2 Å². The van der Waals surface area contributed by atoms with Crippen molar-refractivity contribution in [2.75, 3.05) is 0 Å². The maximum atomic E-state index is 13.9. The van der Waals surface area contributed by atoms with Gasteiger partial charge in [0.05, 0.1) is 28.0 Å². The summed E-state index contributed by atoms with van der Waals surface area (Å²) in [6.07, 6.45) is 1.70. The molecular weight excluding hydrogens is 982 g/mol. The summed E-state index contributed by atoms with van der Waals surface area (Å²) in [7, 11) is 0. The van der Waals surface area contributed by atoms with Crippen LogP contribution in [0.2, 0.25) is 0 Å². The fourth-order valence-electron chi connectivity index (χ4n) is 7.86. The standard InChI is InChI=1S/C38H31N2O3.C16H15FNO2.Ir/c1-22(2)27-9-7-10-28(23(3)4)35(27)40-33-14-6-5-13-32(33)39-37(40)31-12-8-11-30-29-20-19-26(21-34(29)43-36(30)31)24-15-17-25(18-16-24)38(41)42;1-16(2,3)11-5-7-14(18-9-11)12-6-4-10(15(19)20)8-13(12)17;/h5-11,13-23H,1-4H3,(H,41,42);4-5,7-9H,1-3H3,(H,19,20);/q2*-1;. The predicted molar refractivity (Wildman–Crippen MR) is 247 cm³/mol. The molecule has 0 saturated carbocycles. The van der Waals surface area contributed by atoms with Crippen molar-refractivity contribution in [1.29, 1.82) is 0 Å². The van der Waals surface area contributed by atoms with Gasteiger partial charge in [-0.25, -0.2) is 4.79 Å². The van der Waals surface area contributed by atoms with Crippen molar-refractivity contribution in [1.82, 2.24) is 14.5 Å². The Labute approximate surface area is 384 Å². The number of carbonyl (C=O) groups is 2. The van der Waals surface area contributed by atoms with Gasteiger partial charge in [0.25, 0.3) is 5.97 Å². The predicted octanol–water partition coefficient (Wildman–Crippen LogP) is 13.7. The minimum Gasteiger partial charge on any atom is -0.501 e. The zero-order chi connectivity index (χ0) is 44.7. The van der Waals surface area contributed by atoms with Gasteiger partial charge in [-0.15, -0.1) is 30.3 Å². The number of pyridine rings is 1. The average Bonchev–Trinajstić information content (AvgIpc) is 3.84. The van der Waals surface area contributed by atoms with Crippen molar-refractivity contribution in [3.8, 4) is 39.5 Å². The molecule has 0 aliphatic heterocycles. The van der Waals surface area contributed by atoms with Crippen molar-refractivity contribution >= 4 is 44.9 Å². The quantitative estimate of drug-likeness (QED) is 0.146. The first kappa shape index (κ1) is 45.3. The van der Waals surface area contributed by atoms with Crippen molar-refractivity contribution < 1.29 is 48.7 Å². The SMILES string of the molecule is CC(C)(C)c1ccc(-c2[c-]cc(C(=O)O)cc2F)nc1.CC(C)c1cccc(C(C)C)c1-n1c(-c2[c-]ccc3c2oc2cc(-c4ccc(C(=O)O)cc4)ccc23)nc2ccccc21.[Ir]. The molecule has 0 atom stereocenters. The average molecular weight is 1030 g/mol. The molecular formula is C54H46FIrN3O5-2. The number of carboxylic acids is 2. The number of imidazole rings is 1. The van der Waals surface area contributed by atoms with Crippen LogP contribution < -0.4 is 0 Å². The normalized spacial score (nSPS) is 11.5. The van der Waals surface area contributed by atoms with E-state index >= 15 is 0 Å². The van der Waals surface area contributed by atoms with Gasteiger partial charge < -0.3 is 24.2 Å². The maximum absolute atomic E-state index is 13.9. The summed E-state index contributed by atoms with van der Waals surface area (Å²) < 4.78 is 22.8. The van der Waals surface area contributed by atoms with Gasteiger partial charge in [-0.1, -0.05) is 138 Å². The number of aromatic nitrogens is 3. The van der Waals surface area contributed by atoms with E-state index in [1.807, 2.05) is 48.5 Å². The molecule has 8 nitrogen and oxygen atoms in total. The van der Waals surface area contributed by atoms with Gasteiger partial charge in [0.2, 0.25) is 0 Å². The van der Waals surface area contributed by atoms with Crippen LogP contribution >= 0.6 is 0 Å². The van der Waals surface area contributed by atoms with Crippen molar-refractivity contribution in [2.24, 2.45) is 0 Å². The van der Waals surface area contributed by atoms with Crippen LogP contribution in [0.15, 0.2) is 132 Å². The summed E-state index contributed by atoms with van der Waals surface area (Å²) in [4.78, 5) is 31.5. The molecule has 0 fully saturated rings. The third-order valence-corrected chi connectivity index (χ3v) is 11.3. The van der Waals surface area contributed by atoms with E-state index in [4.69, 9.17) is 14.5 Å². The minimum absolute atomic E-state index is 0. The molecule has 0 bridgehead atoms. The monoisotopic (exact) mass is 1030 g/mol. The molecule has 0 unspecified atom stereocenters. The Balaban J connectivity index is 0.000000246. The molecule has 0 amide bonds. The number of fused-ring (bicyclic) bond motifs is 4. The van der Waals surface area contributed by atoms with Crippen LogP contribution in [-0.4, -0.2) is 36.7 Å². The van der Waals surface area contributed by atoms with Crippen LogP contribution in [0.3, 0.4) is 0 Å². The first-order valence-electron chi connectivity index (χ1n) is 20.8. The molecule has 0 spiro atoms. The topological polar surface area (TPSA) is 118 Å². The molecule has 3 heterocycles. The zero-order valence-electron chi connectivity index (χ0n) is 36.5. The van der Waals surface area contributed by atoms with E-state index in [9.17, 15) is 19.1 Å². The van der Waals surface area contributed by atoms with E-state index < -0.39 is 17.8 Å². The summed E-state index contributed by atoms with van der Waals surface area (Å²) in [6, 6.07) is 43.9. The molecule has 3 aromatic heterocycles. The van der Waals surface area contributed by atoms with Gasteiger partial charge in [0, 0.05) is 43.2 Å². The van der Waals surface area contributed by atoms with Crippen molar-refractivity contribution in [3.05, 3.63) is 173 Å². The second kappa shape index (κ2) is 18.2. The molecule has 0 aliphatic rings. The van der Waals surface area contributed by atoms with E-state index in [2.05, 4.69) is 113 Å². The fourth-order valence-corrected chi connectivity index (χ4v) is 7.86. The Hall–Kier alpha value is -6.74. The van der Waals surface area contributed by atoms with Crippen LogP contribution in [0, 0.1) is 17.9 Å². The third kappa shape index (κ3) is 8.76. The summed E-state index contributed by atoms with van der Waals surface area (Å²) in [5.41, 5.74) is 11.6. The number of para-hydroxylation sites is 3. The number of aromatic carboxylic acids is 2. The number of furan rings is 1. The Bertz CT molecular complexity index is 3150. The maximum Gasteiger partial charge on any atom is 0.335 e. The van der Waals surface area contributed by atoms with E-state index in [-0.39, 0.29) is 42.2 Å². The minimum atomic E-state index is -1.18. The van der Waals surface area contributed by atoms with Crippen LogP contribution in [0.4, 0.5) is 4.39 Å². The second-order valence-corrected chi connectivity index (χ2v) is 17.2. The largest absolute Gasteiger partial charge is 0.501 e. The van der Waals surface area contributed by atoms with E-state index in [1.165, 1.54) is 22.9 Å². The Morgan fingerprint density at radius 1 is 0.734 bits per heavy atom. The molecule has 325 valence electrons.